The lowest BCUT2D eigenvalue weighted by Gasteiger charge is -2.05. The molecule has 102 valence electrons. The van der Waals surface area contributed by atoms with E-state index in [4.69, 9.17) is 18.9 Å². The molecular weight excluding hydrogens is 258 g/mol. The summed E-state index contributed by atoms with van der Waals surface area (Å²) in [5.41, 5.74) is 1.94. The molecule has 1 aliphatic heterocycles. The van der Waals surface area contributed by atoms with Gasteiger partial charge in [0.15, 0.2) is 11.5 Å². The van der Waals surface area contributed by atoms with E-state index in [0.29, 0.717) is 17.2 Å². The van der Waals surface area contributed by atoms with Gasteiger partial charge < -0.3 is 23.9 Å². The predicted octanol–water partition coefficient (Wildman–Crippen LogP) is 3.07. The maximum Gasteiger partial charge on any atom is 0.231 e. The summed E-state index contributed by atoms with van der Waals surface area (Å²) in [6.45, 7) is 0.212. The van der Waals surface area contributed by atoms with Crippen LogP contribution in [0, 0.1) is 0 Å². The van der Waals surface area contributed by atoms with Crippen molar-refractivity contribution in [1.29, 1.82) is 0 Å². The second-order valence-electron chi connectivity index (χ2n) is 4.60. The summed E-state index contributed by atoms with van der Waals surface area (Å²) in [5, 5.41) is 2.09. The normalized spacial score (nSPS) is 13.1. The van der Waals surface area contributed by atoms with Crippen LogP contribution >= 0.6 is 0 Å². The largest absolute Gasteiger partial charge is 0.497 e. The summed E-state index contributed by atoms with van der Waals surface area (Å²) in [7, 11) is 3.28. The van der Waals surface area contributed by atoms with E-state index in [0.717, 1.165) is 27.6 Å². The van der Waals surface area contributed by atoms with E-state index in [9.17, 15) is 0 Å². The minimum absolute atomic E-state index is 0.212. The second kappa shape index (κ2) is 3.96. The van der Waals surface area contributed by atoms with Gasteiger partial charge in [-0.15, -0.1) is 0 Å². The first kappa shape index (κ1) is 11.3. The highest BCUT2D eigenvalue weighted by molar-refractivity contribution is 6.11. The standard InChI is InChI=1S/C15H13NO4/c1-17-8-3-4-11-9(5-8)10-6-12(18-2)14-15(13(10)16-11)20-7-19-14/h3-6,16H,7H2,1-2H3. The molecular formula is C15H13NO4. The number of benzene rings is 2. The fourth-order valence-corrected chi connectivity index (χ4v) is 2.64. The molecule has 1 N–H and O–H groups in total. The minimum atomic E-state index is 0.212. The minimum Gasteiger partial charge on any atom is -0.497 e. The van der Waals surface area contributed by atoms with E-state index in [1.807, 2.05) is 24.3 Å². The topological polar surface area (TPSA) is 52.7 Å². The Labute approximate surface area is 115 Å². The van der Waals surface area contributed by atoms with E-state index < -0.39 is 0 Å². The van der Waals surface area contributed by atoms with E-state index in [-0.39, 0.29) is 6.79 Å². The number of hydrogen-bond donors (Lipinski definition) is 1. The molecule has 20 heavy (non-hydrogen) atoms. The van der Waals surface area contributed by atoms with Crippen LogP contribution in [-0.4, -0.2) is 26.0 Å². The van der Waals surface area contributed by atoms with Gasteiger partial charge in [-0.05, 0) is 24.3 Å². The lowest BCUT2D eigenvalue weighted by Crippen LogP contribution is -1.93. The first-order valence-corrected chi connectivity index (χ1v) is 6.28. The van der Waals surface area contributed by atoms with Crippen LogP contribution in [0.3, 0.4) is 0 Å². The smallest absolute Gasteiger partial charge is 0.231 e. The lowest BCUT2D eigenvalue weighted by atomic mass is 10.1. The molecule has 0 radical (unpaired) electrons. The summed E-state index contributed by atoms with van der Waals surface area (Å²) < 4.78 is 21.7. The van der Waals surface area contributed by atoms with Crippen LogP contribution in [0.2, 0.25) is 0 Å². The van der Waals surface area contributed by atoms with Gasteiger partial charge >= 0.3 is 0 Å². The van der Waals surface area contributed by atoms with Crippen LogP contribution < -0.4 is 18.9 Å². The Balaban J connectivity index is 2.13. The molecule has 1 aliphatic rings. The SMILES string of the molecule is COc1ccc2[nH]c3c4c(c(OC)cc3c2c1)OCO4. The van der Waals surface area contributed by atoms with Crippen LogP contribution in [0.4, 0.5) is 0 Å². The maximum atomic E-state index is 5.58. The van der Waals surface area contributed by atoms with E-state index in [2.05, 4.69) is 4.98 Å². The van der Waals surface area contributed by atoms with Crippen molar-refractivity contribution in [3.63, 3.8) is 0 Å². The molecule has 1 aromatic heterocycles. The molecule has 5 heteroatoms. The van der Waals surface area contributed by atoms with Gasteiger partial charge in [-0.1, -0.05) is 0 Å². The van der Waals surface area contributed by atoms with Crippen molar-refractivity contribution in [2.24, 2.45) is 0 Å². The molecule has 0 saturated carbocycles. The van der Waals surface area contributed by atoms with E-state index in [1.165, 1.54) is 0 Å². The van der Waals surface area contributed by atoms with Gasteiger partial charge in [-0.2, -0.15) is 0 Å². The van der Waals surface area contributed by atoms with Crippen LogP contribution in [0.1, 0.15) is 0 Å². The Kier molecular flexibility index (Phi) is 2.24. The van der Waals surface area contributed by atoms with Gasteiger partial charge in [-0.3, -0.25) is 0 Å². The Morgan fingerprint density at radius 2 is 1.85 bits per heavy atom. The Hall–Kier alpha value is -2.56. The third-order valence-electron chi connectivity index (χ3n) is 3.60. The number of rotatable bonds is 2. The van der Waals surface area contributed by atoms with Crippen molar-refractivity contribution in [2.45, 2.75) is 0 Å². The molecule has 2 aromatic carbocycles. The monoisotopic (exact) mass is 271 g/mol. The maximum absolute atomic E-state index is 5.58. The highest BCUT2D eigenvalue weighted by atomic mass is 16.7. The number of aromatic nitrogens is 1. The highest BCUT2D eigenvalue weighted by Crippen LogP contribution is 2.48. The zero-order valence-corrected chi connectivity index (χ0v) is 11.1. The van der Waals surface area contributed by atoms with Crippen molar-refractivity contribution in [2.75, 3.05) is 21.0 Å². The lowest BCUT2D eigenvalue weighted by molar-refractivity contribution is 0.172. The molecule has 0 bridgehead atoms. The van der Waals surface area contributed by atoms with Crippen LogP contribution in [0.25, 0.3) is 21.8 Å². The molecule has 2 heterocycles. The van der Waals surface area contributed by atoms with E-state index >= 15 is 0 Å². The van der Waals surface area contributed by atoms with Crippen molar-refractivity contribution in [1.82, 2.24) is 4.98 Å². The predicted molar refractivity (Wildman–Crippen MR) is 75.0 cm³/mol. The van der Waals surface area contributed by atoms with Gasteiger partial charge in [0.25, 0.3) is 0 Å². The number of aromatic amines is 1. The second-order valence-corrected chi connectivity index (χ2v) is 4.60. The fourth-order valence-electron chi connectivity index (χ4n) is 2.64. The third kappa shape index (κ3) is 1.37. The van der Waals surface area contributed by atoms with E-state index in [1.54, 1.807) is 14.2 Å². The number of methoxy groups -OCH3 is 2. The van der Waals surface area contributed by atoms with Gasteiger partial charge in [0.2, 0.25) is 12.5 Å². The molecule has 5 nitrogen and oxygen atoms in total. The fraction of sp³-hybridized carbons (Fsp3) is 0.200. The van der Waals surface area contributed by atoms with Crippen molar-refractivity contribution >= 4 is 21.8 Å². The Morgan fingerprint density at radius 1 is 1.00 bits per heavy atom. The molecule has 3 aromatic rings. The van der Waals surface area contributed by atoms with Gasteiger partial charge in [-0.25, -0.2) is 0 Å². The highest BCUT2D eigenvalue weighted by Gasteiger charge is 2.24. The number of hydrogen-bond acceptors (Lipinski definition) is 4. The van der Waals surface area contributed by atoms with Crippen molar-refractivity contribution in [3.05, 3.63) is 24.3 Å². The quantitative estimate of drug-likeness (QED) is 0.778. The number of nitrogens with one attached hydrogen (secondary N) is 1. The summed E-state index contributed by atoms with van der Waals surface area (Å²) in [4.78, 5) is 3.36. The van der Waals surface area contributed by atoms with Crippen molar-refractivity contribution < 1.29 is 18.9 Å². The molecule has 0 aliphatic carbocycles. The summed E-state index contributed by atoms with van der Waals surface area (Å²) in [6, 6.07) is 7.87. The van der Waals surface area contributed by atoms with Crippen LogP contribution in [-0.2, 0) is 0 Å². The molecule has 0 spiro atoms. The molecule has 0 unspecified atom stereocenters. The third-order valence-corrected chi connectivity index (χ3v) is 3.60. The summed E-state index contributed by atoms with van der Waals surface area (Å²) in [6.07, 6.45) is 0. The molecule has 4 rings (SSSR count). The molecule has 0 atom stereocenters. The number of fused-ring (bicyclic) bond motifs is 5. The zero-order valence-electron chi connectivity index (χ0n) is 11.1. The Morgan fingerprint density at radius 3 is 2.65 bits per heavy atom. The molecule has 0 saturated heterocycles. The summed E-state index contributed by atoms with van der Waals surface area (Å²) >= 11 is 0. The first-order valence-electron chi connectivity index (χ1n) is 6.28. The number of H-pyrrole nitrogens is 1. The molecule has 0 amide bonds. The first-order chi connectivity index (χ1) is 9.81. The summed E-state index contributed by atoms with van der Waals surface area (Å²) in [5.74, 6) is 2.84. The van der Waals surface area contributed by atoms with Crippen molar-refractivity contribution in [3.8, 4) is 23.0 Å². The average Bonchev–Trinajstić information content (AvgIpc) is 3.09. The van der Waals surface area contributed by atoms with Gasteiger partial charge in [0, 0.05) is 16.3 Å². The van der Waals surface area contributed by atoms with Gasteiger partial charge in [0.1, 0.15) is 5.75 Å². The van der Waals surface area contributed by atoms with Crippen LogP contribution in [0.5, 0.6) is 23.0 Å². The van der Waals surface area contributed by atoms with Gasteiger partial charge in [0.05, 0.1) is 19.7 Å². The number of ether oxygens (including phenoxy) is 4. The molecule has 0 fully saturated rings. The van der Waals surface area contributed by atoms with Crippen LogP contribution in [0.15, 0.2) is 24.3 Å². The average molecular weight is 271 g/mol. The Bertz CT molecular complexity index is 822. The zero-order chi connectivity index (χ0) is 13.7.